The first-order chi connectivity index (χ1) is 7.12. The Morgan fingerprint density at radius 1 is 1.07 bits per heavy atom. The van der Waals surface area contributed by atoms with E-state index in [1.54, 1.807) is 12.1 Å². The van der Waals surface area contributed by atoms with Crippen LogP contribution in [0.15, 0.2) is 24.3 Å². The second-order valence-corrected chi connectivity index (χ2v) is 6.40. The molecule has 1 N–H and O–H groups in total. The highest BCUT2D eigenvalue weighted by Gasteiger charge is 2.33. The largest absolute Gasteiger partial charge is 0.508 e. The van der Waals surface area contributed by atoms with E-state index in [9.17, 15) is 5.11 Å². The van der Waals surface area contributed by atoms with Gasteiger partial charge in [-0.25, -0.2) is 0 Å². The molecule has 0 heterocycles. The maximum atomic E-state index is 9.22. The van der Waals surface area contributed by atoms with E-state index in [-0.39, 0.29) is 5.75 Å². The normalized spacial score (nSPS) is 11.7. The van der Waals surface area contributed by atoms with Crippen molar-refractivity contribution < 1.29 is 14.0 Å². The lowest BCUT2D eigenvalue weighted by Crippen LogP contribution is -2.51. The molecule has 84 valence electrons. The number of aromatic hydroxyl groups is 1. The molecular formula is C11H18O3Si. The monoisotopic (exact) mass is 226 g/mol. The highest BCUT2D eigenvalue weighted by molar-refractivity contribution is 6.79. The molecule has 0 spiro atoms. The number of phenolic OH excluding ortho intramolecular Hbond substituents is 1. The molecule has 15 heavy (non-hydrogen) atoms. The number of hydrogen-bond donors (Lipinski definition) is 1. The van der Waals surface area contributed by atoms with Crippen molar-refractivity contribution in [2.24, 2.45) is 0 Å². The number of phenols is 1. The van der Waals surface area contributed by atoms with Crippen LogP contribution in [0.3, 0.4) is 0 Å². The summed E-state index contributed by atoms with van der Waals surface area (Å²) in [5.41, 5.74) is 0. The van der Waals surface area contributed by atoms with Gasteiger partial charge in [0.2, 0.25) is 0 Å². The van der Waals surface area contributed by atoms with Crippen molar-refractivity contribution in [3.63, 3.8) is 0 Å². The van der Waals surface area contributed by atoms with Crippen LogP contribution in [0.4, 0.5) is 0 Å². The molecule has 0 bridgehead atoms. The molecule has 0 aromatic heterocycles. The van der Waals surface area contributed by atoms with Crippen molar-refractivity contribution in [2.75, 3.05) is 13.2 Å². The van der Waals surface area contributed by atoms with E-state index in [0.717, 1.165) is 5.19 Å². The van der Waals surface area contributed by atoms with E-state index in [2.05, 4.69) is 0 Å². The first-order valence-electron chi connectivity index (χ1n) is 5.19. The Bertz CT molecular complexity index is 291. The van der Waals surface area contributed by atoms with Crippen LogP contribution < -0.4 is 5.19 Å². The quantitative estimate of drug-likeness (QED) is 0.777. The highest BCUT2D eigenvalue weighted by atomic mass is 28.4. The summed E-state index contributed by atoms with van der Waals surface area (Å²) in [6, 6.07) is 7.07. The first-order valence-corrected chi connectivity index (χ1v) is 7.51. The van der Waals surface area contributed by atoms with Crippen LogP contribution in [-0.2, 0) is 8.85 Å². The van der Waals surface area contributed by atoms with Crippen molar-refractivity contribution in [3.05, 3.63) is 24.3 Å². The zero-order valence-electron chi connectivity index (χ0n) is 9.49. The van der Waals surface area contributed by atoms with E-state index in [0.29, 0.717) is 13.2 Å². The van der Waals surface area contributed by atoms with Gasteiger partial charge in [-0.1, -0.05) is 12.1 Å². The molecule has 0 aliphatic heterocycles. The predicted molar refractivity (Wildman–Crippen MR) is 62.6 cm³/mol. The molecule has 0 atom stereocenters. The van der Waals surface area contributed by atoms with Gasteiger partial charge >= 0.3 is 8.56 Å². The summed E-state index contributed by atoms with van der Waals surface area (Å²) in [5.74, 6) is 0.267. The molecule has 4 heteroatoms. The molecular weight excluding hydrogens is 208 g/mol. The van der Waals surface area contributed by atoms with Gasteiger partial charge in [0.05, 0.1) is 0 Å². The molecule has 0 saturated carbocycles. The minimum atomic E-state index is -2.26. The Balaban J connectivity index is 2.92. The average Bonchev–Trinajstić information content (AvgIpc) is 2.19. The van der Waals surface area contributed by atoms with E-state index in [1.807, 2.05) is 32.5 Å². The molecule has 0 aliphatic rings. The molecule has 0 aliphatic carbocycles. The fourth-order valence-corrected chi connectivity index (χ4v) is 3.81. The standard InChI is InChI=1S/C11H18O3Si/c1-4-13-15(3,14-5-2)11-8-6-10(12)7-9-11/h6-9,12H,4-5H2,1-3H3. The van der Waals surface area contributed by atoms with Crippen LogP contribution >= 0.6 is 0 Å². The van der Waals surface area contributed by atoms with Gasteiger partial charge in [-0.2, -0.15) is 0 Å². The van der Waals surface area contributed by atoms with Gasteiger partial charge in [0.25, 0.3) is 0 Å². The van der Waals surface area contributed by atoms with Gasteiger partial charge in [-0.15, -0.1) is 0 Å². The molecule has 0 amide bonds. The molecule has 0 saturated heterocycles. The fraction of sp³-hybridized carbons (Fsp3) is 0.455. The Morgan fingerprint density at radius 2 is 1.53 bits per heavy atom. The Morgan fingerprint density at radius 3 is 1.93 bits per heavy atom. The summed E-state index contributed by atoms with van der Waals surface area (Å²) < 4.78 is 11.5. The SMILES string of the molecule is CCO[Si](C)(OCC)c1ccc(O)cc1. The van der Waals surface area contributed by atoms with Gasteiger partial charge in [-0.05, 0) is 37.7 Å². The van der Waals surface area contributed by atoms with Crippen molar-refractivity contribution >= 4 is 13.7 Å². The lowest BCUT2D eigenvalue weighted by atomic mass is 10.3. The van der Waals surface area contributed by atoms with Crippen LogP contribution in [0, 0.1) is 0 Å². The van der Waals surface area contributed by atoms with Gasteiger partial charge < -0.3 is 14.0 Å². The minimum absolute atomic E-state index is 0.267. The average molecular weight is 226 g/mol. The van der Waals surface area contributed by atoms with E-state index in [1.165, 1.54) is 0 Å². The van der Waals surface area contributed by atoms with Crippen molar-refractivity contribution in [2.45, 2.75) is 20.4 Å². The van der Waals surface area contributed by atoms with Gasteiger partial charge in [0.1, 0.15) is 5.75 Å². The van der Waals surface area contributed by atoms with Gasteiger partial charge in [-0.3, -0.25) is 0 Å². The first kappa shape index (κ1) is 12.2. The Labute approximate surface area is 91.9 Å². The number of rotatable bonds is 5. The van der Waals surface area contributed by atoms with Crippen LogP contribution in [0.5, 0.6) is 5.75 Å². The number of hydrogen-bond acceptors (Lipinski definition) is 3. The fourth-order valence-electron chi connectivity index (χ4n) is 1.52. The van der Waals surface area contributed by atoms with Crippen LogP contribution in [0.2, 0.25) is 6.55 Å². The van der Waals surface area contributed by atoms with Crippen molar-refractivity contribution in [1.82, 2.24) is 0 Å². The van der Waals surface area contributed by atoms with E-state index in [4.69, 9.17) is 8.85 Å². The topological polar surface area (TPSA) is 38.7 Å². The van der Waals surface area contributed by atoms with Crippen LogP contribution in [0.1, 0.15) is 13.8 Å². The van der Waals surface area contributed by atoms with Crippen LogP contribution in [0.25, 0.3) is 0 Å². The van der Waals surface area contributed by atoms with E-state index < -0.39 is 8.56 Å². The maximum absolute atomic E-state index is 9.22. The summed E-state index contributed by atoms with van der Waals surface area (Å²) in [6.45, 7) is 7.23. The summed E-state index contributed by atoms with van der Waals surface area (Å²) in [5, 5.41) is 10.3. The zero-order chi connectivity index (χ0) is 11.3. The van der Waals surface area contributed by atoms with Crippen LogP contribution in [-0.4, -0.2) is 26.9 Å². The highest BCUT2D eigenvalue weighted by Crippen LogP contribution is 2.11. The lowest BCUT2D eigenvalue weighted by molar-refractivity contribution is 0.202. The van der Waals surface area contributed by atoms with Gasteiger partial charge in [0.15, 0.2) is 0 Å². The minimum Gasteiger partial charge on any atom is -0.508 e. The molecule has 0 radical (unpaired) electrons. The smallest absolute Gasteiger partial charge is 0.369 e. The van der Waals surface area contributed by atoms with E-state index >= 15 is 0 Å². The molecule has 0 unspecified atom stereocenters. The third kappa shape index (κ3) is 3.05. The summed E-state index contributed by atoms with van der Waals surface area (Å²) in [6.07, 6.45) is 0. The molecule has 1 aromatic rings. The zero-order valence-corrected chi connectivity index (χ0v) is 10.5. The third-order valence-corrected chi connectivity index (χ3v) is 5.29. The maximum Gasteiger partial charge on any atom is 0.369 e. The second-order valence-electron chi connectivity index (χ2n) is 3.36. The molecule has 1 rings (SSSR count). The summed E-state index contributed by atoms with van der Waals surface area (Å²) in [7, 11) is -2.26. The molecule has 0 fully saturated rings. The summed E-state index contributed by atoms with van der Waals surface area (Å²) in [4.78, 5) is 0. The molecule has 3 nitrogen and oxygen atoms in total. The second kappa shape index (κ2) is 5.30. The molecule has 1 aromatic carbocycles. The number of benzene rings is 1. The third-order valence-electron chi connectivity index (χ3n) is 2.23. The van der Waals surface area contributed by atoms with Crippen molar-refractivity contribution in [1.29, 1.82) is 0 Å². The lowest BCUT2D eigenvalue weighted by Gasteiger charge is -2.26. The van der Waals surface area contributed by atoms with Gasteiger partial charge in [0, 0.05) is 13.2 Å². The van der Waals surface area contributed by atoms with Crippen molar-refractivity contribution in [3.8, 4) is 5.75 Å². The Hall–Kier alpha value is -0.843. The Kier molecular flexibility index (Phi) is 4.32. The predicted octanol–water partition coefficient (Wildman–Crippen LogP) is 1.74. The summed E-state index contributed by atoms with van der Waals surface area (Å²) >= 11 is 0.